The van der Waals surface area contributed by atoms with Crippen molar-refractivity contribution in [1.82, 2.24) is 4.90 Å². The van der Waals surface area contributed by atoms with E-state index in [1.54, 1.807) is 0 Å². The van der Waals surface area contributed by atoms with Crippen LogP contribution in [0.4, 0.5) is 0 Å². The van der Waals surface area contributed by atoms with Crippen LogP contribution >= 0.6 is 7.92 Å². The van der Waals surface area contributed by atoms with Crippen LogP contribution in [0.1, 0.15) is 46.8 Å². The van der Waals surface area contributed by atoms with Crippen LogP contribution < -0.4 is 15.9 Å². The summed E-state index contributed by atoms with van der Waals surface area (Å²) in [5.74, 6) is 0. The van der Waals surface area contributed by atoms with Crippen LogP contribution in [0.3, 0.4) is 0 Å². The largest absolute Gasteiger partial charge is 0.289 e. The van der Waals surface area contributed by atoms with Crippen molar-refractivity contribution in [3.05, 3.63) is 173 Å². The van der Waals surface area contributed by atoms with Crippen LogP contribution in [0.5, 0.6) is 0 Å². The summed E-state index contributed by atoms with van der Waals surface area (Å²) in [7, 11) is 1.48. The first-order valence-electron chi connectivity index (χ1n) is 14.8. The Kier molecular flexibility index (Phi) is 8.34. The third kappa shape index (κ3) is 5.68. The zero-order valence-electron chi connectivity index (χ0n) is 24.9. The van der Waals surface area contributed by atoms with E-state index < -0.39 is 7.92 Å². The molecule has 208 valence electrons. The summed E-state index contributed by atoms with van der Waals surface area (Å²) in [6.07, 6.45) is 0. The highest BCUT2D eigenvalue weighted by atomic mass is 31.1. The van der Waals surface area contributed by atoms with E-state index in [9.17, 15) is 0 Å². The minimum atomic E-state index is -0.813. The monoisotopic (exact) mass is 563 g/mol. The normalized spacial score (nSPS) is 13.0. The number of aryl methyl sites for hydroxylation is 2. The lowest BCUT2D eigenvalue weighted by Crippen LogP contribution is -2.33. The Hall–Kier alpha value is -4.03. The van der Waals surface area contributed by atoms with E-state index in [0.717, 1.165) is 0 Å². The molecule has 0 heterocycles. The minimum absolute atomic E-state index is 0.0587. The summed E-state index contributed by atoms with van der Waals surface area (Å²) in [4.78, 5) is 2.56. The van der Waals surface area contributed by atoms with Crippen LogP contribution in [0.25, 0.3) is 10.8 Å². The molecule has 0 aliphatic carbocycles. The molecule has 2 atom stereocenters. The molecule has 6 aromatic rings. The van der Waals surface area contributed by atoms with Crippen LogP contribution in [-0.4, -0.2) is 11.9 Å². The summed E-state index contributed by atoms with van der Waals surface area (Å²) in [5, 5.41) is 6.77. The third-order valence-corrected chi connectivity index (χ3v) is 11.0. The standard InChI is InChI=1S/C40H38NP/c1-29-19-24-35(25-20-29)42(36-26-21-30(2)22-27-36)38-28-23-33-15-11-12-18-37(33)39(38)40(34-16-9-6-10-17-34)41(4)31(3)32-13-7-5-8-14-32/h5-28,31,40H,1-4H3/t31-,40-/m1/s1. The van der Waals surface area contributed by atoms with Gasteiger partial charge >= 0.3 is 0 Å². The van der Waals surface area contributed by atoms with Gasteiger partial charge in [0.2, 0.25) is 0 Å². The smallest absolute Gasteiger partial charge is 0.0616 e. The summed E-state index contributed by atoms with van der Waals surface area (Å²) in [6, 6.07) is 54.3. The van der Waals surface area contributed by atoms with E-state index in [4.69, 9.17) is 0 Å². The van der Waals surface area contributed by atoms with Crippen LogP contribution in [0.2, 0.25) is 0 Å². The summed E-state index contributed by atoms with van der Waals surface area (Å²) >= 11 is 0. The first-order valence-corrected chi connectivity index (χ1v) is 16.1. The van der Waals surface area contributed by atoms with Gasteiger partial charge in [-0.3, -0.25) is 4.90 Å². The highest BCUT2D eigenvalue weighted by Crippen LogP contribution is 2.43. The molecule has 0 saturated carbocycles. The number of nitrogens with zero attached hydrogens (tertiary/aromatic N) is 1. The average molecular weight is 564 g/mol. The molecule has 0 radical (unpaired) electrons. The molecule has 6 aromatic carbocycles. The Balaban J connectivity index is 1.65. The molecular formula is C40H38NP. The highest BCUT2D eigenvalue weighted by molar-refractivity contribution is 7.80. The van der Waals surface area contributed by atoms with Crippen molar-refractivity contribution in [2.45, 2.75) is 32.9 Å². The van der Waals surface area contributed by atoms with Gasteiger partial charge in [0.1, 0.15) is 0 Å². The van der Waals surface area contributed by atoms with Gasteiger partial charge in [0.05, 0.1) is 6.04 Å². The average Bonchev–Trinajstić information content (AvgIpc) is 3.04. The quantitative estimate of drug-likeness (QED) is 0.167. The second-order valence-corrected chi connectivity index (χ2v) is 13.5. The molecule has 0 saturated heterocycles. The van der Waals surface area contributed by atoms with Crippen molar-refractivity contribution >= 4 is 34.6 Å². The zero-order chi connectivity index (χ0) is 29.1. The van der Waals surface area contributed by atoms with E-state index in [2.05, 4.69) is 178 Å². The fourth-order valence-corrected chi connectivity index (χ4v) is 8.47. The van der Waals surface area contributed by atoms with Crippen molar-refractivity contribution in [2.75, 3.05) is 7.05 Å². The lowest BCUT2D eigenvalue weighted by atomic mass is 9.91. The first kappa shape index (κ1) is 28.1. The predicted octanol–water partition coefficient (Wildman–Crippen LogP) is 9.00. The van der Waals surface area contributed by atoms with Gasteiger partial charge in [-0.25, -0.2) is 0 Å². The lowest BCUT2D eigenvalue weighted by molar-refractivity contribution is 0.215. The molecule has 6 rings (SSSR count). The summed E-state index contributed by atoms with van der Waals surface area (Å²) < 4.78 is 0. The fraction of sp³-hybridized carbons (Fsp3) is 0.150. The topological polar surface area (TPSA) is 3.24 Å². The van der Waals surface area contributed by atoms with E-state index in [1.165, 1.54) is 54.5 Å². The van der Waals surface area contributed by atoms with Gasteiger partial charge in [-0.15, -0.1) is 0 Å². The van der Waals surface area contributed by atoms with Gasteiger partial charge < -0.3 is 0 Å². The Morgan fingerprint density at radius 1 is 0.524 bits per heavy atom. The second kappa shape index (κ2) is 12.5. The van der Waals surface area contributed by atoms with E-state index in [-0.39, 0.29) is 12.1 Å². The summed E-state index contributed by atoms with van der Waals surface area (Å²) in [5.41, 5.74) is 6.60. The highest BCUT2D eigenvalue weighted by Gasteiger charge is 2.31. The Morgan fingerprint density at radius 3 is 1.60 bits per heavy atom. The van der Waals surface area contributed by atoms with E-state index in [0.29, 0.717) is 0 Å². The first-order chi connectivity index (χ1) is 20.5. The number of fused-ring (bicyclic) bond motifs is 1. The maximum atomic E-state index is 2.56. The number of benzene rings is 6. The molecule has 42 heavy (non-hydrogen) atoms. The molecule has 2 heteroatoms. The van der Waals surface area contributed by atoms with Crippen molar-refractivity contribution in [1.29, 1.82) is 0 Å². The van der Waals surface area contributed by atoms with Gasteiger partial charge in [-0.05, 0) is 79.1 Å². The molecule has 1 nitrogen and oxygen atoms in total. The predicted molar refractivity (Wildman–Crippen MR) is 183 cm³/mol. The van der Waals surface area contributed by atoms with Crippen molar-refractivity contribution in [2.24, 2.45) is 0 Å². The van der Waals surface area contributed by atoms with Gasteiger partial charge in [0, 0.05) is 6.04 Å². The maximum Gasteiger partial charge on any atom is 0.0616 e. The van der Waals surface area contributed by atoms with Crippen LogP contribution in [0, 0.1) is 13.8 Å². The second-order valence-electron chi connectivity index (χ2n) is 11.3. The molecule has 0 spiro atoms. The van der Waals surface area contributed by atoms with Crippen LogP contribution in [0.15, 0.2) is 146 Å². The Morgan fingerprint density at radius 2 is 1.02 bits per heavy atom. The van der Waals surface area contributed by atoms with Crippen LogP contribution in [-0.2, 0) is 0 Å². The van der Waals surface area contributed by atoms with Gasteiger partial charge in [0.25, 0.3) is 0 Å². The van der Waals surface area contributed by atoms with Crippen molar-refractivity contribution < 1.29 is 0 Å². The SMILES string of the molecule is Cc1ccc(P(c2ccc(C)cc2)c2ccc3ccccc3c2[C@@H](c2ccccc2)N(C)[C@H](C)c2ccccc2)cc1. The van der Waals surface area contributed by atoms with Crippen molar-refractivity contribution in [3.8, 4) is 0 Å². The van der Waals surface area contributed by atoms with Gasteiger partial charge in [-0.2, -0.15) is 0 Å². The Labute approximate surface area is 252 Å². The minimum Gasteiger partial charge on any atom is -0.289 e. The lowest BCUT2D eigenvalue weighted by Gasteiger charge is -2.37. The summed E-state index contributed by atoms with van der Waals surface area (Å²) in [6.45, 7) is 6.67. The fourth-order valence-electron chi connectivity index (χ4n) is 6.01. The molecule has 0 aliphatic heterocycles. The van der Waals surface area contributed by atoms with E-state index in [1.807, 2.05) is 0 Å². The van der Waals surface area contributed by atoms with Gasteiger partial charge in [0.15, 0.2) is 0 Å². The molecule has 0 aromatic heterocycles. The zero-order valence-corrected chi connectivity index (χ0v) is 25.8. The third-order valence-electron chi connectivity index (χ3n) is 8.46. The maximum absolute atomic E-state index is 2.56. The van der Waals surface area contributed by atoms with Crippen molar-refractivity contribution in [3.63, 3.8) is 0 Å². The molecule has 0 fully saturated rings. The number of hydrogen-bond acceptors (Lipinski definition) is 1. The molecule has 0 aliphatic rings. The number of rotatable bonds is 8. The molecule has 0 amide bonds. The molecular weight excluding hydrogens is 525 g/mol. The van der Waals surface area contributed by atoms with Gasteiger partial charge in [-0.1, -0.05) is 157 Å². The molecule has 0 N–H and O–H groups in total. The Bertz CT molecular complexity index is 1710. The van der Waals surface area contributed by atoms with E-state index >= 15 is 0 Å². The molecule has 0 bridgehead atoms. The number of hydrogen-bond donors (Lipinski definition) is 0. The molecule has 0 unspecified atom stereocenters.